The minimum atomic E-state index is -0.0449. The van der Waals surface area contributed by atoms with Gasteiger partial charge in [-0.3, -0.25) is 14.5 Å². The van der Waals surface area contributed by atoms with Gasteiger partial charge in [-0.15, -0.1) is 11.8 Å². The highest BCUT2D eigenvalue weighted by atomic mass is 35.5. The number of nitrogens with one attached hydrogen (secondary N) is 1. The van der Waals surface area contributed by atoms with Crippen molar-refractivity contribution in [3.63, 3.8) is 0 Å². The number of aryl methyl sites for hydroxylation is 1. The predicted octanol–water partition coefficient (Wildman–Crippen LogP) is 4.23. The molecule has 0 aromatic heterocycles. The van der Waals surface area contributed by atoms with Crippen LogP contribution in [0.1, 0.15) is 27.9 Å². The van der Waals surface area contributed by atoms with Gasteiger partial charge in [-0.2, -0.15) is 0 Å². The van der Waals surface area contributed by atoms with Crippen LogP contribution < -0.4 is 5.32 Å². The lowest BCUT2D eigenvalue weighted by Gasteiger charge is -2.33. The minimum Gasteiger partial charge on any atom is -0.374 e. The van der Waals surface area contributed by atoms with Crippen molar-refractivity contribution in [2.45, 2.75) is 30.4 Å². The number of ketones is 1. The summed E-state index contributed by atoms with van der Waals surface area (Å²) in [4.78, 5) is 27.4. The van der Waals surface area contributed by atoms with Crippen LogP contribution in [0.15, 0.2) is 41.3 Å². The molecule has 2 aliphatic rings. The molecule has 0 spiro atoms. The Morgan fingerprint density at radius 1 is 1.16 bits per heavy atom. The van der Waals surface area contributed by atoms with E-state index in [0.29, 0.717) is 35.4 Å². The van der Waals surface area contributed by atoms with Gasteiger partial charge in [-0.25, -0.2) is 0 Å². The molecule has 1 atom stereocenters. The zero-order valence-corrected chi connectivity index (χ0v) is 19.4. The highest BCUT2D eigenvalue weighted by molar-refractivity contribution is 8.00. The zero-order valence-electron chi connectivity index (χ0n) is 17.0. The second-order valence-corrected chi connectivity index (χ2v) is 9.67. The molecule has 164 valence electrons. The summed E-state index contributed by atoms with van der Waals surface area (Å²) < 4.78 is 5.82. The molecule has 1 fully saturated rings. The number of ether oxygens (including phenoxy) is 1. The van der Waals surface area contributed by atoms with E-state index in [9.17, 15) is 9.59 Å². The molecule has 2 aromatic rings. The number of Topliss-reactive ketones (excluding diaryl/α,β-unsaturated/α-hetero) is 1. The second kappa shape index (κ2) is 10.4. The molecule has 0 saturated carbocycles. The smallest absolute Gasteiger partial charge is 0.230 e. The van der Waals surface area contributed by atoms with Crippen molar-refractivity contribution in [3.05, 3.63) is 63.1 Å². The van der Waals surface area contributed by atoms with Crippen molar-refractivity contribution in [2.75, 3.05) is 32.0 Å². The van der Waals surface area contributed by atoms with E-state index in [1.807, 2.05) is 36.4 Å². The monoisotopic (exact) mass is 478 g/mol. The van der Waals surface area contributed by atoms with E-state index < -0.39 is 0 Å². The summed E-state index contributed by atoms with van der Waals surface area (Å²) in [6, 6.07) is 11.5. The third-order valence-corrected chi connectivity index (χ3v) is 7.24. The molecule has 4 rings (SSSR count). The molecule has 1 unspecified atom stereocenters. The average Bonchev–Trinajstić information content (AvgIpc) is 3.14. The fraction of sp³-hybridized carbons (Fsp3) is 0.391. The number of benzene rings is 2. The van der Waals surface area contributed by atoms with Gasteiger partial charge in [-0.1, -0.05) is 35.3 Å². The van der Waals surface area contributed by atoms with Crippen molar-refractivity contribution in [1.82, 2.24) is 10.2 Å². The number of nitrogens with zero attached hydrogens (tertiary/aromatic N) is 1. The van der Waals surface area contributed by atoms with E-state index in [2.05, 4.69) is 10.2 Å². The van der Waals surface area contributed by atoms with Crippen molar-refractivity contribution >= 4 is 46.7 Å². The number of hydrogen-bond donors (Lipinski definition) is 1. The van der Waals surface area contributed by atoms with Gasteiger partial charge in [0.15, 0.2) is 5.78 Å². The Morgan fingerprint density at radius 3 is 2.87 bits per heavy atom. The van der Waals surface area contributed by atoms with Gasteiger partial charge in [0.05, 0.1) is 28.5 Å². The van der Waals surface area contributed by atoms with Crippen molar-refractivity contribution in [1.29, 1.82) is 0 Å². The highest BCUT2D eigenvalue weighted by Gasteiger charge is 2.22. The SMILES string of the molecule is O=C(CSc1ccc2c(c1)CCC2=O)NCC1CN(Cc2ccc(Cl)c(Cl)c2)CCO1. The Bertz CT molecular complexity index is 985. The van der Waals surface area contributed by atoms with Crippen LogP contribution in [0.25, 0.3) is 0 Å². The molecule has 31 heavy (non-hydrogen) atoms. The number of morpholine rings is 1. The van der Waals surface area contributed by atoms with Gasteiger partial charge in [0.1, 0.15) is 0 Å². The van der Waals surface area contributed by atoms with E-state index >= 15 is 0 Å². The van der Waals surface area contributed by atoms with Crippen LogP contribution in [-0.4, -0.2) is 54.7 Å². The first-order valence-corrected chi connectivity index (χ1v) is 12.1. The molecule has 8 heteroatoms. The normalized spacial score (nSPS) is 18.8. The highest BCUT2D eigenvalue weighted by Crippen LogP contribution is 2.27. The van der Waals surface area contributed by atoms with Gasteiger partial charge in [0.2, 0.25) is 5.91 Å². The summed E-state index contributed by atoms with van der Waals surface area (Å²) in [6.07, 6.45) is 1.34. The fourth-order valence-corrected chi connectivity index (χ4v) is 5.00. The van der Waals surface area contributed by atoms with E-state index in [0.717, 1.165) is 47.6 Å². The van der Waals surface area contributed by atoms with Crippen molar-refractivity contribution in [3.8, 4) is 0 Å². The lowest BCUT2D eigenvalue weighted by molar-refractivity contribution is -0.119. The maximum absolute atomic E-state index is 12.3. The number of rotatable bonds is 7. The van der Waals surface area contributed by atoms with E-state index in [4.69, 9.17) is 27.9 Å². The van der Waals surface area contributed by atoms with E-state index in [1.54, 1.807) is 0 Å². The number of thioether (sulfide) groups is 1. The molecular weight excluding hydrogens is 455 g/mol. The molecular formula is C23H24Cl2N2O3S. The summed E-state index contributed by atoms with van der Waals surface area (Å²) in [5, 5.41) is 4.09. The van der Waals surface area contributed by atoms with Crippen LogP contribution in [-0.2, 0) is 22.5 Å². The Balaban J connectivity index is 1.21. The third-order valence-electron chi connectivity index (χ3n) is 5.51. The van der Waals surface area contributed by atoms with E-state index in [-0.39, 0.29) is 17.8 Å². The molecule has 1 amide bonds. The first-order valence-electron chi connectivity index (χ1n) is 10.3. The molecule has 5 nitrogen and oxygen atoms in total. The van der Waals surface area contributed by atoms with Crippen molar-refractivity contribution in [2.24, 2.45) is 0 Å². The molecule has 2 aromatic carbocycles. The summed E-state index contributed by atoms with van der Waals surface area (Å²) in [5.41, 5.74) is 3.02. The van der Waals surface area contributed by atoms with Crippen molar-refractivity contribution < 1.29 is 14.3 Å². The Kier molecular flexibility index (Phi) is 7.56. The molecule has 0 bridgehead atoms. The Labute approximate surface area is 196 Å². The van der Waals surface area contributed by atoms with Gasteiger partial charge in [0.25, 0.3) is 0 Å². The standard InChI is InChI=1S/C23H24Cl2N2O3S/c24-20-5-1-15(9-21(20)25)12-27-7-8-30-17(13-27)11-26-23(29)14-31-18-3-4-19-16(10-18)2-6-22(19)28/h1,3-5,9-10,17H,2,6-8,11-14H2,(H,26,29). The van der Waals surface area contributed by atoms with E-state index in [1.165, 1.54) is 11.8 Å². The third kappa shape index (κ3) is 6.02. The minimum absolute atomic E-state index is 0.0215. The molecule has 1 aliphatic heterocycles. The van der Waals surface area contributed by atoms with Gasteiger partial charge >= 0.3 is 0 Å². The molecule has 1 heterocycles. The van der Waals surface area contributed by atoms with Gasteiger partial charge in [-0.05, 0) is 41.8 Å². The lowest BCUT2D eigenvalue weighted by Crippen LogP contribution is -2.47. The van der Waals surface area contributed by atoms with Gasteiger partial charge in [0, 0.05) is 43.1 Å². The predicted molar refractivity (Wildman–Crippen MR) is 124 cm³/mol. The molecule has 1 saturated heterocycles. The number of carbonyl (C=O) groups is 2. The summed E-state index contributed by atoms with van der Waals surface area (Å²) in [6.45, 7) is 3.45. The van der Waals surface area contributed by atoms with Crippen LogP contribution in [0.5, 0.6) is 0 Å². The van der Waals surface area contributed by atoms with Crippen LogP contribution in [0.4, 0.5) is 0 Å². The quantitative estimate of drug-likeness (QED) is 0.603. The van der Waals surface area contributed by atoms with Crippen LogP contribution >= 0.6 is 35.0 Å². The van der Waals surface area contributed by atoms with Crippen LogP contribution in [0.2, 0.25) is 10.0 Å². The topological polar surface area (TPSA) is 58.6 Å². The fourth-order valence-electron chi connectivity index (χ4n) is 3.89. The summed E-state index contributed by atoms with van der Waals surface area (Å²) in [5.74, 6) is 0.531. The second-order valence-electron chi connectivity index (χ2n) is 7.81. The van der Waals surface area contributed by atoms with Gasteiger partial charge < -0.3 is 10.1 Å². The Morgan fingerprint density at radius 2 is 2.03 bits per heavy atom. The van der Waals surface area contributed by atoms with Crippen LogP contribution in [0.3, 0.4) is 0 Å². The molecule has 0 radical (unpaired) electrons. The van der Waals surface area contributed by atoms with Crippen LogP contribution in [0, 0.1) is 0 Å². The number of fused-ring (bicyclic) bond motifs is 1. The Hall–Kier alpha value is -1.57. The first kappa shape index (κ1) is 22.6. The molecule has 1 N–H and O–H groups in total. The maximum atomic E-state index is 12.3. The number of amides is 1. The molecule has 1 aliphatic carbocycles. The number of hydrogen-bond acceptors (Lipinski definition) is 5. The summed E-state index contributed by atoms with van der Waals surface area (Å²) in [7, 11) is 0. The number of carbonyl (C=O) groups excluding carboxylic acids is 2. The maximum Gasteiger partial charge on any atom is 0.230 e. The lowest BCUT2D eigenvalue weighted by atomic mass is 10.1. The summed E-state index contributed by atoms with van der Waals surface area (Å²) >= 11 is 13.6. The number of halogens is 2. The first-order chi connectivity index (χ1) is 15.0. The average molecular weight is 479 g/mol. The zero-order chi connectivity index (χ0) is 21.8. The largest absolute Gasteiger partial charge is 0.374 e.